The smallest absolute Gasteiger partial charge is 0.319 e. The van der Waals surface area contributed by atoms with Gasteiger partial charge in [0.25, 0.3) is 0 Å². The maximum Gasteiger partial charge on any atom is 0.319 e. The quantitative estimate of drug-likeness (QED) is 0.715. The van der Waals surface area contributed by atoms with E-state index in [2.05, 4.69) is 32.1 Å². The first-order chi connectivity index (χ1) is 13.1. The van der Waals surface area contributed by atoms with Crippen LogP contribution in [0.2, 0.25) is 0 Å². The number of aromatic nitrogens is 2. The van der Waals surface area contributed by atoms with Gasteiger partial charge in [0.05, 0.1) is 10.2 Å². The number of allylic oxidation sites excluding steroid dienone is 1. The molecule has 2 N–H and O–H groups in total. The Morgan fingerprint density at radius 2 is 2.07 bits per heavy atom. The maximum atomic E-state index is 12.3. The van der Waals surface area contributed by atoms with Crippen molar-refractivity contribution in [2.45, 2.75) is 19.4 Å². The molecule has 2 amide bonds. The Bertz CT molecular complexity index is 981. The molecule has 7 heteroatoms. The molecular weight excluding hydrogens is 358 g/mol. The Balaban J connectivity index is 1.36. The molecule has 1 aliphatic rings. The second-order valence-corrected chi connectivity index (χ2v) is 7.64. The minimum absolute atomic E-state index is 0.0877. The molecule has 0 aliphatic carbocycles. The lowest BCUT2D eigenvalue weighted by Crippen LogP contribution is -2.39. The molecule has 27 heavy (non-hydrogen) atoms. The standard InChI is InChI=1S/C20H21N5OS/c1-13(2)14-3-5-15(6-4-14)23-20(26)24-16-7-9-25(11-16)19-18-17(8-10-27-18)21-12-22-19/h3-6,8,10,12,16H,1,7,9,11H2,2H3,(H2,23,24,26). The number of thiophene rings is 1. The molecule has 6 nitrogen and oxygen atoms in total. The highest BCUT2D eigenvalue weighted by molar-refractivity contribution is 7.17. The number of anilines is 2. The Kier molecular flexibility index (Phi) is 4.77. The van der Waals surface area contributed by atoms with Crippen molar-refractivity contribution in [3.8, 4) is 0 Å². The van der Waals surface area contributed by atoms with Gasteiger partial charge in [0, 0.05) is 24.8 Å². The van der Waals surface area contributed by atoms with Crippen molar-refractivity contribution in [2.75, 3.05) is 23.3 Å². The van der Waals surface area contributed by atoms with Gasteiger partial charge >= 0.3 is 6.03 Å². The number of carbonyl (C=O) groups excluding carboxylic acids is 1. The summed E-state index contributed by atoms with van der Waals surface area (Å²) >= 11 is 1.65. The van der Waals surface area contributed by atoms with E-state index in [1.165, 1.54) is 0 Å². The van der Waals surface area contributed by atoms with Crippen LogP contribution in [-0.4, -0.2) is 35.1 Å². The molecule has 1 unspecified atom stereocenters. The van der Waals surface area contributed by atoms with Crippen molar-refractivity contribution in [1.82, 2.24) is 15.3 Å². The number of urea groups is 1. The normalized spacial score (nSPS) is 16.5. The zero-order valence-corrected chi connectivity index (χ0v) is 15.9. The van der Waals surface area contributed by atoms with Crippen LogP contribution in [0, 0.1) is 0 Å². The molecule has 2 aromatic heterocycles. The third-order valence-corrected chi connectivity index (χ3v) is 5.58. The molecule has 0 bridgehead atoms. The third-order valence-electron chi connectivity index (χ3n) is 4.68. The number of nitrogens with zero attached hydrogens (tertiary/aromatic N) is 3. The van der Waals surface area contributed by atoms with Gasteiger partial charge in [0.2, 0.25) is 0 Å². The molecule has 3 heterocycles. The molecule has 4 rings (SSSR count). The van der Waals surface area contributed by atoms with Crippen LogP contribution in [-0.2, 0) is 0 Å². The number of benzene rings is 1. The maximum absolute atomic E-state index is 12.3. The second-order valence-electron chi connectivity index (χ2n) is 6.72. The van der Waals surface area contributed by atoms with Crippen molar-refractivity contribution in [3.63, 3.8) is 0 Å². The summed E-state index contributed by atoms with van der Waals surface area (Å²) in [5.74, 6) is 0.954. The number of rotatable bonds is 4. The van der Waals surface area contributed by atoms with E-state index >= 15 is 0 Å². The van der Waals surface area contributed by atoms with E-state index in [-0.39, 0.29) is 12.1 Å². The summed E-state index contributed by atoms with van der Waals surface area (Å²) in [4.78, 5) is 23.3. The first kappa shape index (κ1) is 17.5. The highest BCUT2D eigenvalue weighted by Gasteiger charge is 2.26. The van der Waals surface area contributed by atoms with Crippen LogP contribution in [0.4, 0.5) is 16.3 Å². The molecule has 0 radical (unpaired) electrons. The van der Waals surface area contributed by atoms with Gasteiger partial charge in [0.15, 0.2) is 0 Å². The van der Waals surface area contributed by atoms with Gasteiger partial charge in [-0.25, -0.2) is 14.8 Å². The average Bonchev–Trinajstić information content (AvgIpc) is 3.31. The summed E-state index contributed by atoms with van der Waals surface area (Å²) in [6, 6.07) is 9.59. The zero-order chi connectivity index (χ0) is 18.8. The first-order valence-electron chi connectivity index (χ1n) is 8.87. The fraction of sp³-hybridized carbons (Fsp3) is 0.250. The van der Waals surface area contributed by atoms with Gasteiger partial charge in [0.1, 0.15) is 12.1 Å². The summed E-state index contributed by atoms with van der Waals surface area (Å²) < 4.78 is 1.10. The van der Waals surface area contributed by atoms with Crippen molar-refractivity contribution in [2.24, 2.45) is 0 Å². The molecule has 1 saturated heterocycles. The van der Waals surface area contributed by atoms with Crippen molar-refractivity contribution in [3.05, 3.63) is 54.2 Å². The van der Waals surface area contributed by atoms with Crippen LogP contribution < -0.4 is 15.5 Å². The van der Waals surface area contributed by atoms with Crippen LogP contribution in [0.3, 0.4) is 0 Å². The van der Waals surface area contributed by atoms with Gasteiger partial charge in [-0.1, -0.05) is 24.3 Å². The summed E-state index contributed by atoms with van der Waals surface area (Å²) in [6.45, 7) is 7.49. The minimum atomic E-state index is -0.186. The predicted molar refractivity (Wildman–Crippen MR) is 111 cm³/mol. The lowest BCUT2D eigenvalue weighted by molar-refractivity contribution is 0.249. The monoisotopic (exact) mass is 379 g/mol. The molecule has 138 valence electrons. The van der Waals surface area contributed by atoms with Crippen LogP contribution >= 0.6 is 11.3 Å². The van der Waals surface area contributed by atoms with E-state index in [9.17, 15) is 4.79 Å². The molecule has 1 aliphatic heterocycles. The fourth-order valence-electron chi connectivity index (χ4n) is 3.26. The number of fused-ring (bicyclic) bond motifs is 1. The summed E-state index contributed by atoms with van der Waals surface area (Å²) in [7, 11) is 0. The minimum Gasteiger partial charge on any atom is -0.353 e. The number of amides is 2. The number of hydrogen-bond donors (Lipinski definition) is 2. The van der Waals surface area contributed by atoms with Crippen LogP contribution in [0.5, 0.6) is 0 Å². The predicted octanol–water partition coefficient (Wildman–Crippen LogP) is 4.12. The van der Waals surface area contributed by atoms with Crippen LogP contribution in [0.15, 0.2) is 48.6 Å². The summed E-state index contributed by atoms with van der Waals surface area (Å²) in [5, 5.41) is 7.98. The van der Waals surface area contributed by atoms with Crippen LogP contribution in [0.1, 0.15) is 18.9 Å². The van der Waals surface area contributed by atoms with Gasteiger partial charge in [-0.2, -0.15) is 0 Å². The Hall–Kier alpha value is -2.93. The van der Waals surface area contributed by atoms with Crippen molar-refractivity contribution in [1.29, 1.82) is 0 Å². The summed E-state index contributed by atoms with van der Waals surface area (Å²) in [6.07, 6.45) is 2.49. The van der Waals surface area contributed by atoms with E-state index in [0.717, 1.165) is 52.4 Å². The van der Waals surface area contributed by atoms with E-state index < -0.39 is 0 Å². The highest BCUT2D eigenvalue weighted by Crippen LogP contribution is 2.30. The topological polar surface area (TPSA) is 70.2 Å². The Labute approximate surface area is 161 Å². The van der Waals surface area contributed by atoms with E-state index in [1.807, 2.05) is 42.6 Å². The second kappa shape index (κ2) is 7.36. The summed E-state index contributed by atoms with van der Waals surface area (Å²) in [5.41, 5.74) is 3.81. The van der Waals surface area contributed by atoms with Crippen molar-refractivity contribution < 1.29 is 4.79 Å². The molecule has 0 saturated carbocycles. The zero-order valence-electron chi connectivity index (χ0n) is 15.1. The lowest BCUT2D eigenvalue weighted by Gasteiger charge is -2.18. The van der Waals surface area contributed by atoms with E-state index in [4.69, 9.17) is 0 Å². The molecule has 1 fully saturated rings. The molecule has 3 aromatic rings. The first-order valence-corrected chi connectivity index (χ1v) is 9.75. The number of carbonyl (C=O) groups is 1. The SMILES string of the molecule is C=C(C)c1ccc(NC(=O)NC2CCN(c3ncnc4ccsc34)C2)cc1. The Morgan fingerprint density at radius 1 is 1.26 bits per heavy atom. The fourth-order valence-corrected chi connectivity index (χ4v) is 4.12. The average molecular weight is 379 g/mol. The van der Waals surface area contributed by atoms with Gasteiger partial charge in [-0.3, -0.25) is 0 Å². The lowest BCUT2D eigenvalue weighted by atomic mass is 10.1. The molecular formula is C20H21N5OS. The van der Waals surface area contributed by atoms with E-state index in [1.54, 1.807) is 17.7 Å². The van der Waals surface area contributed by atoms with E-state index in [0.29, 0.717) is 0 Å². The van der Waals surface area contributed by atoms with Gasteiger partial charge in [-0.15, -0.1) is 11.3 Å². The van der Waals surface area contributed by atoms with Gasteiger partial charge in [-0.05, 0) is 42.5 Å². The van der Waals surface area contributed by atoms with Crippen molar-refractivity contribution >= 4 is 44.7 Å². The highest BCUT2D eigenvalue weighted by atomic mass is 32.1. The molecule has 0 spiro atoms. The van der Waals surface area contributed by atoms with Gasteiger partial charge < -0.3 is 15.5 Å². The molecule has 1 atom stereocenters. The number of nitrogens with one attached hydrogen (secondary N) is 2. The molecule has 1 aromatic carbocycles. The Morgan fingerprint density at radius 3 is 2.85 bits per heavy atom. The van der Waals surface area contributed by atoms with Crippen LogP contribution in [0.25, 0.3) is 15.8 Å². The number of hydrogen-bond acceptors (Lipinski definition) is 5. The largest absolute Gasteiger partial charge is 0.353 e. The third kappa shape index (κ3) is 3.78.